The number of benzene rings is 2. The summed E-state index contributed by atoms with van der Waals surface area (Å²) in [4.78, 5) is 19.0. The fourth-order valence-corrected chi connectivity index (χ4v) is 7.47. The molecule has 182 valence electrons. The van der Waals surface area contributed by atoms with E-state index in [1.807, 2.05) is 6.07 Å². The molecular weight excluding hydrogens is 444 g/mol. The normalized spacial score (nSPS) is 30.9. The lowest BCUT2D eigenvalue weighted by Crippen LogP contribution is -2.34. The summed E-state index contributed by atoms with van der Waals surface area (Å²) >= 11 is 0. The summed E-state index contributed by atoms with van der Waals surface area (Å²) in [6, 6.07) is 16.8. The number of allylic oxidation sites excluding steroid dienone is 5. The molecule has 2 N–H and O–H groups in total. The van der Waals surface area contributed by atoms with Crippen LogP contribution < -0.4 is 5.32 Å². The number of anilines is 1. The highest BCUT2D eigenvalue weighted by Crippen LogP contribution is 2.54. The van der Waals surface area contributed by atoms with Crippen LogP contribution in [0.4, 0.5) is 11.4 Å². The van der Waals surface area contributed by atoms with Crippen LogP contribution in [-0.4, -0.2) is 16.6 Å². The number of hydrogen-bond donors (Lipinski definition) is 2. The number of aliphatic hydroxyl groups is 1. The number of rotatable bonds is 1. The third kappa shape index (κ3) is 2.76. The summed E-state index contributed by atoms with van der Waals surface area (Å²) in [7, 11) is 0. The molecule has 2 unspecified atom stereocenters. The van der Waals surface area contributed by atoms with Crippen molar-refractivity contribution in [3.05, 3.63) is 93.4 Å². The zero-order valence-electron chi connectivity index (χ0n) is 21.1. The van der Waals surface area contributed by atoms with E-state index < -0.39 is 0 Å². The van der Waals surface area contributed by atoms with Gasteiger partial charge >= 0.3 is 0 Å². The number of para-hydroxylation sites is 2. The Morgan fingerprint density at radius 3 is 2.25 bits per heavy atom. The smallest absolute Gasteiger partial charge is 0.201 e. The molecule has 4 heteroatoms. The van der Waals surface area contributed by atoms with E-state index in [0.29, 0.717) is 11.1 Å². The van der Waals surface area contributed by atoms with E-state index in [1.165, 1.54) is 11.1 Å². The van der Waals surface area contributed by atoms with Crippen LogP contribution in [-0.2, 0) is 15.6 Å². The van der Waals surface area contributed by atoms with Gasteiger partial charge < -0.3 is 10.4 Å². The Bertz CT molecular complexity index is 1470. The molecular formula is C32H32N2O2. The van der Waals surface area contributed by atoms with Crippen molar-refractivity contribution in [3.8, 4) is 0 Å². The molecule has 1 saturated carbocycles. The van der Waals surface area contributed by atoms with Gasteiger partial charge in [0.1, 0.15) is 5.76 Å². The van der Waals surface area contributed by atoms with Crippen LogP contribution in [0.2, 0.25) is 0 Å². The summed E-state index contributed by atoms with van der Waals surface area (Å²) in [5.74, 6) is 0.178. The van der Waals surface area contributed by atoms with Gasteiger partial charge in [-0.05, 0) is 86.8 Å². The Hall–Kier alpha value is -3.40. The number of Topliss-reactive ketones (excluding diaryl/α,β-unsaturated/α-hetero) is 1. The van der Waals surface area contributed by atoms with Crippen molar-refractivity contribution in [2.75, 3.05) is 5.32 Å². The van der Waals surface area contributed by atoms with Crippen LogP contribution in [0.25, 0.3) is 0 Å². The molecule has 2 aromatic carbocycles. The van der Waals surface area contributed by atoms with Crippen LogP contribution in [0, 0.1) is 0 Å². The number of ketones is 1. The predicted molar refractivity (Wildman–Crippen MR) is 144 cm³/mol. The molecule has 3 aliphatic carbocycles. The Labute approximate surface area is 212 Å². The molecule has 5 aliphatic rings. The molecule has 2 aromatic rings. The largest absolute Gasteiger partial charge is 0.506 e. The lowest BCUT2D eigenvalue weighted by Gasteiger charge is -2.32. The lowest BCUT2D eigenvalue weighted by molar-refractivity contribution is -0.113. The van der Waals surface area contributed by atoms with E-state index in [2.05, 4.69) is 61.6 Å². The Kier molecular flexibility index (Phi) is 4.58. The van der Waals surface area contributed by atoms with Gasteiger partial charge in [0.2, 0.25) is 5.78 Å². The number of nitrogens with zero attached hydrogens (tertiary/aromatic N) is 1. The average molecular weight is 477 g/mol. The van der Waals surface area contributed by atoms with Gasteiger partial charge in [-0.25, -0.2) is 0 Å². The fraction of sp³-hybridized carbons (Fsp3) is 0.375. The zero-order valence-corrected chi connectivity index (χ0v) is 21.1. The molecule has 0 saturated heterocycles. The van der Waals surface area contributed by atoms with E-state index in [9.17, 15) is 9.90 Å². The van der Waals surface area contributed by atoms with Gasteiger partial charge in [0.15, 0.2) is 0 Å². The van der Waals surface area contributed by atoms with Crippen LogP contribution in [0.3, 0.4) is 0 Å². The van der Waals surface area contributed by atoms with E-state index in [0.717, 1.165) is 85.3 Å². The van der Waals surface area contributed by atoms with E-state index in [-0.39, 0.29) is 22.4 Å². The molecule has 36 heavy (non-hydrogen) atoms. The molecule has 4 nitrogen and oxygen atoms in total. The van der Waals surface area contributed by atoms with Crippen molar-refractivity contribution in [3.63, 3.8) is 0 Å². The molecule has 2 heterocycles. The summed E-state index contributed by atoms with van der Waals surface area (Å²) < 4.78 is 0. The number of aliphatic imine (C=N–C) groups is 1. The van der Waals surface area contributed by atoms with Crippen LogP contribution in [0.15, 0.2) is 87.3 Å². The van der Waals surface area contributed by atoms with Crippen molar-refractivity contribution in [1.29, 1.82) is 0 Å². The third-order valence-corrected chi connectivity index (χ3v) is 9.41. The number of aliphatic hydroxyl groups excluding tert-OH is 1. The van der Waals surface area contributed by atoms with Crippen LogP contribution in [0.1, 0.15) is 76.3 Å². The van der Waals surface area contributed by atoms with Gasteiger partial charge in [-0.1, -0.05) is 49.2 Å². The minimum Gasteiger partial charge on any atom is -0.506 e. The third-order valence-electron chi connectivity index (χ3n) is 9.41. The second-order valence-electron chi connectivity index (χ2n) is 11.5. The molecule has 0 aromatic heterocycles. The van der Waals surface area contributed by atoms with Crippen molar-refractivity contribution in [1.82, 2.24) is 0 Å². The highest BCUT2D eigenvalue weighted by atomic mass is 16.3. The van der Waals surface area contributed by atoms with Gasteiger partial charge in [-0.3, -0.25) is 9.79 Å². The maximum absolute atomic E-state index is 13.9. The topological polar surface area (TPSA) is 61.7 Å². The van der Waals surface area contributed by atoms with Gasteiger partial charge in [-0.15, -0.1) is 0 Å². The molecule has 2 atom stereocenters. The Morgan fingerprint density at radius 2 is 1.47 bits per heavy atom. The first-order valence-corrected chi connectivity index (χ1v) is 13.4. The number of carbonyl (C=O) groups is 1. The molecule has 1 fully saturated rings. The van der Waals surface area contributed by atoms with E-state index >= 15 is 0 Å². The van der Waals surface area contributed by atoms with Gasteiger partial charge in [0, 0.05) is 22.2 Å². The second kappa shape index (κ2) is 7.55. The number of fused-ring (bicyclic) bond motifs is 6. The highest BCUT2D eigenvalue weighted by molar-refractivity contribution is 6.27. The molecule has 7 rings (SSSR count). The van der Waals surface area contributed by atoms with Crippen molar-refractivity contribution in [2.24, 2.45) is 4.99 Å². The molecule has 0 radical (unpaired) electrons. The fourth-order valence-electron chi connectivity index (χ4n) is 7.47. The van der Waals surface area contributed by atoms with Crippen molar-refractivity contribution >= 4 is 22.9 Å². The Balaban J connectivity index is 1.38. The summed E-state index contributed by atoms with van der Waals surface area (Å²) in [6.45, 7) is 4.54. The lowest BCUT2D eigenvalue weighted by atomic mass is 9.70. The van der Waals surface area contributed by atoms with Gasteiger partial charge in [-0.2, -0.15) is 0 Å². The predicted octanol–water partition coefficient (Wildman–Crippen LogP) is 7.51. The minimum absolute atomic E-state index is 0.00471. The van der Waals surface area contributed by atoms with Gasteiger partial charge in [0.05, 0.1) is 22.5 Å². The quantitative estimate of drug-likeness (QED) is 0.419. The molecule has 0 spiro atoms. The second-order valence-corrected chi connectivity index (χ2v) is 11.5. The number of hydrogen-bond acceptors (Lipinski definition) is 4. The summed E-state index contributed by atoms with van der Waals surface area (Å²) in [6.07, 6.45) is 7.87. The number of nitrogens with one attached hydrogen (secondary N) is 1. The van der Waals surface area contributed by atoms with Gasteiger partial charge in [0.25, 0.3) is 0 Å². The monoisotopic (exact) mass is 476 g/mol. The summed E-state index contributed by atoms with van der Waals surface area (Å²) in [5.41, 5.74) is 9.41. The molecule has 0 bridgehead atoms. The first kappa shape index (κ1) is 21.8. The molecule has 2 aliphatic heterocycles. The van der Waals surface area contributed by atoms with Crippen molar-refractivity contribution in [2.45, 2.75) is 76.0 Å². The minimum atomic E-state index is -0.205. The van der Waals surface area contributed by atoms with Crippen molar-refractivity contribution < 1.29 is 9.90 Å². The SMILES string of the molecule is CC12CCCCC(=C3C(=O)C(C4=C5Nc6ccccc6C5(C)CCCC4)=C3O)C1=Nc1ccccc12. The zero-order chi connectivity index (χ0) is 24.7. The maximum Gasteiger partial charge on any atom is 0.201 e. The number of carbonyl (C=O) groups excluding carboxylic acids is 1. The Morgan fingerprint density at radius 1 is 0.806 bits per heavy atom. The maximum atomic E-state index is 13.9. The molecule has 0 amide bonds. The van der Waals surface area contributed by atoms with E-state index in [4.69, 9.17) is 4.99 Å². The standard InChI is InChI=1S/C32H32N2O2/c1-31-17-9-7-11-19(29(31)33-23-15-5-3-13-21(23)31)25-27(35)26(28(25)36)20-12-8-10-18-32(2)22-14-4-6-16-24(22)34-30(20)32/h3-6,13-16,33,35H,7-12,17-18H2,1-2H3. The first-order valence-electron chi connectivity index (χ1n) is 13.4. The van der Waals surface area contributed by atoms with E-state index in [1.54, 1.807) is 0 Å². The van der Waals surface area contributed by atoms with Crippen LogP contribution >= 0.6 is 0 Å². The highest BCUT2D eigenvalue weighted by Gasteiger charge is 2.49. The first-order chi connectivity index (χ1) is 17.4. The average Bonchev–Trinajstić information content (AvgIpc) is 3.21. The summed E-state index contributed by atoms with van der Waals surface area (Å²) in [5, 5.41) is 15.2. The van der Waals surface area contributed by atoms with Crippen LogP contribution in [0.5, 0.6) is 0 Å².